The Kier molecular flexibility index (Phi) is 6.59. The Morgan fingerprint density at radius 2 is 1.70 bits per heavy atom. The molecule has 0 bridgehead atoms. The van der Waals surface area contributed by atoms with Crippen molar-refractivity contribution in [3.8, 4) is 0 Å². The summed E-state index contributed by atoms with van der Waals surface area (Å²) in [5.74, 6) is -0.848. The van der Waals surface area contributed by atoms with Gasteiger partial charge in [0.05, 0.1) is 11.9 Å². The number of para-hydroxylation sites is 1. The van der Waals surface area contributed by atoms with Gasteiger partial charge in [0.25, 0.3) is 0 Å². The van der Waals surface area contributed by atoms with Gasteiger partial charge in [0.2, 0.25) is 15.9 Å². The molecule has 0 radical (unpaired) electrons. The maximum atomic E-state index is 14.2. The molecule has 0 aliphatic rings. The van der Waals surface area contributed by atoms with Crippen LogP contribution in [-0.4, -0.2) is 26.6 Å². The Morgan fingerprint density at radius 1 is 1.11 bits per heavy atom. The number of halogens is 1. The van der Waals surface area contributed by atoms with Crippen LogP contribution < -0.4 is 9.62 Å². The SMILES string of the molecule is CC[C@H](C(=O)Nc1ccc(C(C)C)cc1)N(c1ccccc1F)S(C)(=O)=O. The lowest BCUT2D eigenvalue weighted by Gasteiger charge is -2.30. The van der Waals surface area contributed by atoms with Crippen LogP contribution >= 0.6 is 0 Å². The quantitative estimate of drug-likeness (QED) is 0.770. The Hall–Kier alpha value is -2.41. The minimum atomic E-state index is -3.87. The molecule has 2 rings (SSSR count). The van der Waals surface area contributed by atoms with Gasteiger partial charge < -0.3 is 5.32 Å². The number of benzene rings is 2. The van der Waals surface area contributed by atoms with Crippen molar-refractivity contribution in [2.45, 2.75) is 39.2 Å². The van der Waals surface area contributed by atoms with Crippen LogP contribution in [0.1, 0.15) is 38.7 Å². The van der Waals surface area contributed by atoms with Gasteiger partial charge in [0.1, 0.15) is 11.9 Å². The van der Waals surface area contributed by atoms with E-state index in [4.69, 9.17) is 0 Å². The van der Waals surface area contributed by atoms with E-state index in [2.05, 4.69) is 19.2 Å². The smallest absolute Gasteiger partial charge is 0.248 e. The number of carbonyl (C=O) groups excluding carboxylic acids is 1. The first-order valence-electron chi connectivity index (χ1n) is 8.80. The van der Waals surface area contributed by atoms with Crippen LogP contribution in [0.4, 0.5) is 15.8 Å². The van der Waals surface area contributed by atoms with E-state index < -0.39 is 27.8 Å². The van der Waals surface area contributed by atoms with Crippen molar-refractivity contribution in [3.63, 3.8) is 0 Å². The zero-order chi connectivity index (χ0) is 20.2. The van der Waals surface area contributed by atoms with Gasteiger partial charge in [-0.2, -0.15) is 0 Å². The molecule has 7 heteroatoms. The van der Waals surface area contributed by atoms with E-state index in [1.165, 1.54) is 24.3 Å². The van der Waals surface area contributed by atoms with E-state index >= 15 is 0 Å². The third kappa shape index (κ3) is 5.07. The summed E-state index contributed by atoms with van der Waals surface area (Å²) < 4.78 is 39.8. The monoisotopic (exact) mass is 392 g/mol. The number of rotatable bonds is 7. The number of carbonyl (C=O) groups is 1. The van der Waals surface area contributed by atoms with Crippen molar-refractivity contribution in [2.24, 2.45) is 0 Å². The lowest BCUT2D eigenvalue weighted by Crippen LogP contribution is -2.47. The van der Waals surface area contributed by atoms with Gasteiger partial charge in [0, 0.05) is 5.69 Å². The molecular weight excluding hydrogens is 367 g/mol. The van der Waals surface area contributed by atoms with E-state index in [1.807, 2.05) is 12.1 Å². The Balaban J connectivity index is 2.33. The van der Waals surface area contributed by atoms with Crippen molar-refractivity contribution >= 4 is 27.3 Å². The van der Waals surface area contributed by atoms with Crippen LogP contribution in [0, 0.1) is 5.82 Å². The van der Waals surface area contributed by atoms with Gasteiger partial charge >= 0.3 is 0 Å². The molecule has 0 spiro atoms. The molecule has 0 heterocycles. The maximum Gasteiger partial charge on any atom is 0.248 e. The number of hydrogen-bond donors (Lipinski definition) is 1. The molecule has 0 fully saturated rings. The predicted molar refractivity (Wildman–Crippen MR) is 107 cm³/mol. The van der Waals surface area contributed by atoms with E-state index in [0.717, 1.165) is 16.1 Å². The minimum absolute atomic E-state index is 0.142. The molecule has 1 atom stereocenters. The van der Waals surface area contributed by atoms with Crippen molar-refractivity contribution in [2.75, 3.05) is 15.9 Å². The molecule has 27 heavy (non-hydrogen) atoms. The molecule has 0 aromatic heterocycles. The highest BCUT2D eigenvalue weighted by atomic mass is 32.2. The van der Waals surface area contributed by atoms with Crippen LogP contribution in [0.25, 0.3) is 0 Å². The van der Waals surface area contributed by atoms with Crippen molar-refractivity contribution in [1.82, 2.24) is 0 Å². The van der Waals surface area contributed by atoms with E-state index in [0.29, 0.717) is 11.6 Å². The second kappa shape index (κ2) is 8.52. The van der Waals surface area contributed by atoms with Crippen LogP contribution in [0.2, 0.25) is 0 Å². The number of nitrogens with zero attached hydrogens (tertiary/aromatic N) is 1. The fourth-order valence-electron chi connectivity index (χ4n) is 2.84. The Bertz CT molecular complexity index is 896. The molecule has 0 saturated carbocycles. The lowest BCUT2D eigenvalue weighted by atomic mass is 10.0. The summed E-state index contributed by atoms with van der Waals surface area (Å²) in [4.78, 5) is 12.8. The summed E-state index contributed by atoms with van der Waals surface area (Å²) >= 11 is 0. The van der Waals surface area contributed by atoms with Gasteiger partial charge in [-0.05, 0) is 42.2 Å². The molecule has 0 aliphatic heterocycles. The first-order chi connectivity index (χ1) is 12.6. The van der Waals surface area contributed by atoms with Crippen molar-refractivity contribution in [3.05, 3.63) is 59.9 Å². The van der Waals surface area contributed by atoms with Gasteiger partial charge in [-0.15, -0.1) is 0 Å². The highest BCUT2D eigenvalue weighted by Crippen LogP contribution is 2.26. The molecule has 1 amide bonds. The number of anilines is 2. The first-order valence-corrected chi connectivity index (χ1v) is 10.6. The first kappa shape index (κ1) is 20.9. The van der Waals surface area contributed by atoms with Crippen LogP contribution in [0.5, 0.6) is 0 Å². The summed E-state index contributed by atoms with van der Waals surface area (Å²) in [7, 11) is -3.87. The Labute approximate surface area is 160 Å². The number of nitrogens with one attached hydrogen (secondary N) is 1. The van der Waals surface area contributed by atoms with Gasteiger partial charge in [-0.25, -0.2) is 12.8 Å². The van der Waals surface area contributed by atoms with Crippen LogP contribution in [-0.2, 0) is 14.8 Å². The van der Waals surface area contributed by atoms with E-state index in [1.54, 1.807) is 19.1 Å². The molecule has 2 aromatic rings. The zero-order valence-electron chi connectivity index (χ0n) is 15.9. The van der Waals surface area contributed by atoms with Gasteiger partial charge in [-0.1, -0.05) is 45.0 Å². The Morgan fingerprint density at radius 3 is 2.19 bits per heavy atom. The highest BCUT2D eigenvalue weighted by molar-refractivity contribution is 7.92. The molecule has 146 valence electrons. The van der Waals surface area contributed by atoms with Gasteiger partial charge in [-0.3, -0.25) is 9.10 Å². The fraction of sp³-hybridized carbons (Fsp3) is 0.350. The second-order valence-electron chi connectivity index (χ2n) is 6.70. The molecular formula is C20H25FN2O3S. The van der Waals surface area contributed by atoms with Gasteiger partial charge in [0.15, 0.2) is 0 Å². The molecule has 0 saturated heterocycles. The van der Waals surface area contributed by atoms with Crippen LogP contribution in [0.3, 0.4) is 0 Å². The molecule has 1 N–H and O–H groups in total. The summed E-state index contributed by atoms with van der Waals surface area (Å²) in [6.45, 7) is 5.82. The third-order valence-electron chi connectivity index (χ3n) is 4.26. The van der Waals surface area contributed by atoms with E-state index in [-0.39, 0.29) is 12.1 Å². The second-order valence-corrected chi connectivity index (χ2v) is 8.56. The minimum Gasteiger partial charge on any atom is -0.324 e. The lowest BCUT2D eigenvalue weighted by molar-refractivity contribution is -0.117. The van der Waals surface area contributed by atoms with Crippen molar-refractivity contribution in [1.29, 1.82) is 0 Å². The number of hydrogen-bond acceptors (Lipinski definition) is 3. The summed E-state index contributed by atoms with van der Waals surface area (Å²) in [6, 6.07) is 11.8. The predicted octanol–water partition coefficient (Wildman–Crippen LogP) is 4.13. The highest BCUT2D eigenvalue weighted by Gasteiger charge is 2.33. The normalized spacial score (nSPS) is 12.7. The standard InChI is InChI=1S/C20H25FN2O3S/c1-5-18(20(24)22-16-12-10-15(11-13-16)14(2)3)23(27(4,25)26)19-9-7-6-8-17(19)21/h6-14,18H,5H2,1-4H3,(H,22,24)/t18-/m1/s1. The summed E-state index contributed by atoms with van der Waals surface area (Å²) in [5.41, 5.74) is 1.55. The van der Waals surface area contributed by atoms with Crippen LogP contribution in [0.15, 0.2) is 48.5 Å². The largest absolute Gasteiger partial charge is 0.324 e. The third-order valence-corrected chi connectivity index (χ3v) is 5.43. The van der Waals surface area contributed by atoms with E-state index in [9.17, 15) is 17.6 Å². The maximum absolute atomic E-state index is 14.2. The summed E-state index contributed by atoms with van der Waals surface area (Å²) in [5, 5.41) is 2.73. The van der Waals surface area contributed by atoms with Crippen molar-refractivity contribution < 1.29 is 17.6 Å². The summed E-state index contributed by atoms with van der Waals surface area (Å²) in [6.07, 6.45) is 1.16. The number of sulfonamides is 1. The molecule has 2 aromatic carbocycles. The molecule has 5 nitrogen and oxygen atoms in total. The topological polar surface area (TPSA) is 66.5 Å². The fourth-order valence-corrected chi connectivity index (χ4v) is 4.06. The average Bonchev–Trinajstić information content (AvgIpc) is 2.59. The average molecular weight is 392 g/mol. The molecule has 0 aliphatic carbocycles. The number of amides is 1. The zero-order valence-corrected chi connectivity index (χ0v) is 16.8. The molecule has 0 unspecified atom stereocenters.